The first kappa shape index (κ1) is 8.48. The Kier molecular flexibility index (Phi) is 1.91. The summed E-state index contributed by atoms with van der Waals surface area (Å²) in [5.74, 6) is 0.891. The molecule has 0 fully saturated rings. The summed E-state index contributed by atoms with van der Waals surface area (Å²) in [7, 11) is 0. The number of benzene rings is 1. The summed E-state index contributed by atoms with van der Waals surface area (Å²) in [5.41, 5.74) is 3.65. The van der Waals surface area contributed by atoms with E-state index in [1.807, 2.05) is 12.1 Å². The van der Waals surface area contributed by atoms with Crippen molar-refractivity contribution in [3.05, 3.63) is 53.3 Å². The van der Waals surface area contributed by atoms with Crippen LogP contribution in [0.2, 0.25) is 0 Å². The highest BCUT2D eigenvalue weighted by Gasteiger charge is 2.16. The lowest BCUT2D eigenvalue weighted by atomic mass is 9.93. The Morgan fingerprint density at radius 3 is 3.13 bits per heavy atom. The smallest absolute Gasteiger partial charge is 0.161 e. The molecule has 0 amide bonds. The van der Waals surface area contributed by atoms with Crippen LogP contribution in [0.15, 0.2) is 47.3 Å². The van der Waals surface area contributed by atoms with Gasteiger partial charge in [-0.1, -0.05) is 35.5 Å². The molecule has 2 heteroatoms. The zero-order valence-corrected chi connectivity index (χ0v) is 8.31. The van der Waals surface area contributed by atoms with Gasteiger partial charge < -0.3 is 4.84 Å². The number of fused-ring (bicyclic) bond motifs is 2. The fourth-order valence-corrected chi connectivity index (χ4v) is 2.02. The Bertz CT molecular complexity index is 483. The van der Waals surface area contributed by atoms with Gasteiger partial charge in [-0.05, 0) is 24.5 Å². The minimum absolute atomic E-state index is 0.891. The number of oxime groups is 1. The fourth-order valence-electron chi connectivity index (χ4n) is 2.02. The highest BCUT2D eigenvalue weighted by molar-refractivity contribution is 5.90. The predicted octanol–water partition coefficient (Wildman–Crippen LogP) is 3.11. The van der Waals surface area contributed by atoms with Crippen LogP contribution in [0.1, 0.15) is 24.0 Å². The van der Waals surface area contributed by atoms with E-state index in [1.54, 1.807) is 6.21 Å². The number of nitrogens with zero attached hydrogens (tertiary/aromatic N) is 1. The van der Waals surface area contributed by atoms with Gasteiger partial charge in [-0.15, -0.1) is 0 Å². The first-order valence-electron chi connectivity index (χ1n) is 5.14. The molecule has 1 aliphatic carbocycles. The topological polar surface area (TPSA) is 21.6 Å². The molecule has 0 saturated heterocycles. The van der Waals surface area contributed by atoms with Gasteiger partial charge >= 0.3 is 0 Å². The van der Waals surface area contributed by atoms with Crippen molar-refractivity contribution in [1.82, 2.24) is 0 Å². The van der Waals surface area contributed by atoms with E-state index in [-0.39, 0.29) is 0 Å². The van der Waals surface area contributed by atoms with E-state index in [0.29, 0.717) is 0 Å². The van der Waals surface area contributed by atoms with Crippen LogP contribution in [0.5, 0.6) is 0 Å². The van der Waals surface area contributed by atoms with Crippen LogP contribution in [0.3, 0.4) is 0 Å². The third-order valence-electron chi connectivity index (χ3n) is 2.76. The molecule has 0 unspecified atom stereocenters. The highest BCUT2D eigenvalue weighted by atomic mass is 16.6. The first-order valence-corrected chi connectivity index (χ1v) is 5.14. The van der Waals surface area contributed by atoms with Gasteiger partial charge in [-0.25, -0.2) is 0 Å². The third kappa shape index (κ3) is 1.38. The SMILES string of the molecule is C1=CC2=C(CC1)c1ccccc1C=NO2. The molecule has 1 aromatic rings. The molecule has 1 heterocycles. The van der Waals surface area contributed by atoms with Gasteiger partial charge in [0.2, 0.25) is 0 Å². The Labute approximate surface area is 88.6 Å². The van der Waals surface area contributed by atoms with Crippen molar-refractivity contribution in [2.45, 2.75) is 12.8 Å². The molecule has 0 atom stereocenters. The van der Waals surface area contributed by atoms with E-state index in [4.69, 9.17) is 4.84 Å². The van der Waals surface area contributed by atoms with Gasteiger partial charge in [0.05, 0.1) is 6.21 Å². The monoisotopic (exact) mass is 197 g/mol. The Hall–Kier alpha value is -1.83. The van der Waals surface area contributed by atoms with Crippen molar-refractivity contribution in [2.24, 2.45) is 5.16 Å². The molecular weight excluding hydrogens is 186 g/mol. The van der Waals surface area contributed by atoms with E-state index in [0.717, 1.165) is 24.2 Å². The van der Waals surface area contributed by atoms with Gasteiger partial charge in [0.1, 0.15) is 0 Å². The van der Waals surface area contributed by atoms with Gasteiger partial charge in [-0.3, -0.25) is 0 Å². The summed E-state index contributed by atoms with van der Waals surface area (Å²) in [6.07, 6.45) is 8.03. The van der Waals surface area contributed by atoms with Crippen molar-refractivity contribution in [1.29, 1.82) is 0 Å². The normalized spacial score (nSPS) is 17.9. The van der Waals surface area contributed by atoms with Crippen molar-refractivity contribution in [3.63, 3.8) is 0 Å². The molecule has 1 aliphatic heterocycles. The van der Waals surface area contributed by atoms with Crippen molar-refractivity contribution >= 4 is 11.8 Å². The summed E-state index contributed by atoms with van der Waals surface area (Å²) in [4.78, 5) is 5.35. The van der Waals surface area contributed by atoms with Crippen LogP contribution in [0.25, 0.3) is 5.57 Å². The lowest BCUT2D eigenvalue weighted by Crippen LogP contribution is -1.96. The van der Waals surface area contributed by atoms with Crippen molar-refractivity contribution in [3.8, 4) is 0 Å². The predicted molar refractivity (Wildman–Crippen MR) is 60.4 cm³/mol. The molecule has 74 valence electrons. The lowest BCUT2D eigenvalue weighted by Gasteiger charge is -2.13. The standard InChI is InChI=1S/C13H11NO/c1-2-6-11-10(5-1)9-14-15-13-8-4-3-7-12(11)13/h1-2,4-6,8-9H,3,7H2. The average Bonchev–Trinajstić information content (AvgIpc) is 2.48. The van der Waals surface area contributed by atoms with Crippen molar-refractivity contribution < 1.29 is 4.84 Å². The number of hydrogen-bond donors (Lipinski definition) is 0. The second kappa shape index (κ2) is 3.39. The quantitative estimate of drug-likeness (QED) is 0.626. The van der Waals surface area contributed by atoms with E-state index in [9.17, 15) is 0 Å². The zero-order chi connectivity index (χ0) is 10.1. The molecule has 0 N–H and O–H groups in total. The van der Waals surface area contributed by atoms with Crippen LogP contribution < -0.4 is 0 Å². The first-order chi connectivity index (χ1) is 7.45. The molecule has 0 aromatic heterocycles. The molecule has 0 saturated carbocycles. The molecule has 0 bridgehead atoms. The second-order valence-corrected chi connectivity index (χ2v) is 3.70. The molecule has 3 rings (SSSR count). The number of rotatable bonds is 0. The minimum atomic E-state index is 0.891. The molecule has 15 heavy (non-hydrogen) atoms. The summed E-state index contributed by atoms with van der Waals surface area (Å²) < 4.78 is 0. The van der Waals surface area contributed by atoms with Crippen LogP contribution in [-0.2, 0) is 4.84 Å². The van der Waals surface area contributed by atoms with Crippen LogP contribution in [0, 0.1) is 0 Å². The number of hydrogen-bond acceptors (Lipinski definition) is 2. The number of allylic oxidation sites excluding steroid dienone is 3. The zero-order valence-electron chi connectivity index (χ0n) is 8.31. The Balaban J connectivity index is 2.23. The molecule has 0 radical (unpaired) electrons. The second-order valence-electron chi connectivity index (χ2n) is 3.70. The van der Waals surface area contributed by atoms with E-state index < -0.39 is 0 Å². The van der Waals surface area contributed by atoms with Crippen LogP contribution in [0.4, 0.5) is 0 Å². The van der Waals surface area contributed by atoms with E-state index in [2.05, 4.69) is 29.4 Å². The van der Waals surface area contributed by atoms with Gasteiger partial charge in [-0.2, -0.15) is 0 Å². The van der Waals surface area contributed by atoms with Gasteiger partial charge in [0, 0.05) is 11.1 Å². The van der Waals surface area contributed by atoms with E-state index in [1.165, 1.54) is 11.1 Å². The van der Waals surface area contributed by atoms with Gasteiger partial charge in [0.25, 0.3) is 0 Å². The fraction of sp³-hybridized carbons (Fsp3) is 0.154. The minimum Gasteiger partial charge on any atom is -0.357 e. The molecule has 1 aromatic carbocycles. The summed E-state index contributed by atoms with van der Waals surface area (Å²) in [6, 6.07) is 8.27. The molecular formula is C13H11NO. The van der Waals surface area contributed by atoms with E-state index >= 15 is 0 Å². The third-order valence-corrected chi connectivity index (χ3v) is 2.76. The van der Waals surface area contributed by atoms with Crippen LogP contribution >= 0.6 is 0 Å². The maximum absolute atomic E-state index is 5.35. The van der Waals surface area contributed by atoms with Gasteiger partial charge in [0.15, 0.2) is 5.76 Å². The summed E-state index contributed by atoms with van der Waals surface area (Å²) in [5, 5.41) is 3.96. The summed E-state index contributed by atoms with van der Waals surface area (Å²) >= 11 is 0. The molecule has 2 aliphatic rings. The van der Waals surface area contributed by atoms with Crippen LogP contribution in [-0.4, -0.2) is 6.21 Å². The summed E-state index contributed by atoms with van der Waals surface area (Å²) in [6.45, 7) is 0. The Morgan fingerprint density at radius 1 is 1.20 bits per heavy atom. The lowest BCUT2D eigenvalue weighted by molar-refractivity contribution is 0.244. The Morgan fingerprint density at radius 2 is 2.13 bits per heavy atom. The average molecular weight is 197 g/mol. The maximum atomic E-state index is 5.35. The maximum Gasteiger partial charge on any atom is 0.161 e. The largest absolute Gasteiger partial charge is 0.357 e. The van der Waals surface area contributed by atoms with Crippen molar-refractivity contribution in [2.75, 3.05) is 0 Å². The highest BCUT2D eigenvalue weighted by Crippen LogP contribution is 2.32. The molecule has 0 spiro atoms. The molecule has 2 nitrogen and oxygen atoms in total.